The minimum absolute atomic E-state index is 0.520. The molecule has 0 aliphatic carbocycles. The van der Waals surface area contributed by atoms with Gasteiger partial charge in [0.15, 0.2) is 11.5 Å². The first-order valence-corrected chi connectivity index (χ1v) is 7.93. The average molecular weight is 352 g/mol. The first-order chi connectivity index (χ1) is 9.76. The van der Waals surface area contributed by atoms with Crippen molar-refractivity contribution >= 4 is 27.7 Å². The van der Waals surface area contributed by atoms with E-state index >= 15 is 0 Å². The molecule has 2 aromatic carbocycles. The van der Waals surface area contributed by atoms with Crippen molar-refractivity contribution < 1.29 is 9.47 Å². The molecule has 20 heavy (non-hydrogen) atoms. The van der Waals surface area contributed by atoms with Crippen LogP contribution in [0.4, 0.5) is 0 Å². The Morgan fingerprint density at radius 2 is 1.85 bits per heavy atom. The van der Waals surface area contributed by atoms with E-state index in [4.69, 9.17) is 15.2 Å². The Balaban J connectivity index is 1.87. The van der Waals surface area contributed by atoms with E-state index in [0.717, 1.165) is 31.3 Å². The number of benzene rings is 2. The van der Waals surface area contributed by atoms with Gasteiger partial charge in [-0.2, -0.15) is 0 Å². The van der Waals surface area contributed by atoms with E-state index in [1.807, 2.05) is 24.3 Å². The summed E-state index contributed by atoms with van der Waals surface area (Å²) in [7, 11) is 0. The van der Waals surface area contributed by atoms with E-state index < -0.39 is 0 Å². The minimum Gasteiger partial charge on any atom is -0.486 e. The number of hydrogen-bond acceptors (Lipinski definition) is 4. The van der Waals surface area contributed by atoms with Crippen molar-refractivity contribution in [1.82, 2.24) is 0 Å². The molecule has 2 N–H and O–H groups in total. The van der Waals surface area contributed by atoms with Gasteiger partial charge in [-0.15, -0.1) is 0 Å². The van der Waals surface area contributed by atoms with Crippen molar-refractivity contribution in [2.45, 2.75) is 16.3 Å². The molecular formula is C15H14BrNO2S. The van der Waals surface area contributed by atoms with Crippen molar-refractivity contribution in [3.05, 3.63) is 46.4 Å². The summed E-state index contributed by atoms with van der Waals surface area (Å²) in [6.07, 6.45) is 0. The first-order valence-electron chi connectivity index (χ1n) is 6.32. The minimum atomic E-state index is 0.520. The molecule has 0 unspecified atom stereocenters. The molecular weight excluding hydrogens is 338 g/mol. The van der Waals surface area contributed by atoms with Crippen LogP contribution in [0.3, 0.4) is 0 Å². The lowest BCUT2D eigenvalue weighted by Gasteiger charge is -2.19. The highest BCUT2D eigenvalue weighted by Gasteiger charge is 2.13. The maximum atomic E-state index is 5.81. The Kier molecular flexibility index (Phi) is 4.19. The molecule has 0 saturated carbocycles. The van der Waals surface area contributed by atoms with E-state index in [2.05, 4.69) is 28.1 Å². The highest BCUT2D eigenvalue weighted by Crippen LogP contribution is 2.38. The predicted molar refractivity (Wildman–Crippen MR) is 83.6 cm³/mol. The summed E-state index contributed by atoms with van der Waals surface area (Å²) in [4.78, 5) is 2.28. The summed E-state index contributed by atoms with van der Waals surface area (Å²) in [5, 5.41) is 0. The zero-order chi connectivity index (χ0) is 13.9. The van der Waals surface area contributed by atoms with Crippen molar-refractivity contribution in [1.29, 1.82) is 0 Å². The molecule has 1 aliphatic heterocycles. The van der Waals surface area contributed by atoms with Crippen LogP contribution in [-0.2, 0) is 6.54 Å². The lowest BCUT2D eigenvalue weighted by molar-refractivity contribution is 0.171. The summed E-state index contributed by atoms with van der Waals surface area (Å²) in [6, 6.07) is 12.2. The van der Waals surface area contributed by atoms with Gasteiger partial charge in [-0.05, 0) is 42.0 Å². The number of nitrogens with two attached hydrogens (primary N) is 1. The fraction of sp³-hybridized carbons (Fsp3) is 0.200. The lowest BCUT2D eigenvalue weighted by Crippen LogP contribution is -2.15. The van der Waals surface area contributed by atoms with E-state index in [0.29, 0.717) is 19.8 Å². The van der Waals surface area contributed by atoms with Gasteiger partial charge in [0.25, 0.3) is 0 Å². The molecule has 1 heterocycles. The van der Waals surface area contributed by atoms with Gasteiger partial charge in [0.2, 0.25) is 0 Å². The molecule has 104 valence electrons. The number of halogens is 1. The largest absolute Gasteiger partial charge is 0.486 e. The topological polar surface area (TPSA) is 44.5 Å². The highest BCUT2D eigenvalue weighted by molar-refractivity contribution is 9.10. The molecule has 3 rings (SSSR count). The summed E-state index contributed by atoms with van der Waals surface area (Å²) in [5.74, 6) is 1.63. The van der Waals surface area contributed by atoms with Gasteiger partial charge in [-0.1, -0.05) is 27.7 Å². The van der Waals surface area contributed by atoms with E-state index in [1.165, 1.54) is 0 Å². The second kappa shape index (κ2) is 6.08. The zero-order valence-corrected chi connectivity index (χ0v) is 13.2. The van der Waals surface area contributed by atoms with Crippen LogP contribution in [0.1, 0.15) is 5.56 Å². The van der Waals surface area contributed by atoms with Gasteiger partial charge in [-0.25, -0.2) is 0 Å². The molecule has 0 aromatic heterocycles. The van der Waals surface area contributed by atoms with Crippen LogP contribution in [0, 0.1) is 0 Å². The Hall–Kier alpha value is -1.17. The third kappa shape index (κ3) is 2.95. The van der Waals surface area contributed by atoms with Crippen LogP contribution >= 0.6 is 27.7 Å². The van der Waals surface area contributed by atoms with Crippen LogP contribution in [-0.4, -0.2) is 13.2 Å². The molecule has 5 heteroatoms. The number of hydrogen-bond donors (Lipinski definition) is 1. The lowest BCUT2D eigenvalue weighted by atomic mass is 10.2. The van der Waals surface area contributed by atoms with Gasteiger partial charge in [-0.3, -0.25) is 0 Å². The summed E-state index contributed by atoms with van der Waals surface area (Å²) in [5.41, 5.74) is 6.93. The van der Waals surface area contributed by atoms with E-state index in [9.17, 15) is 0 Å². The Morgan fingerprint density at radius 1 is 1.05 bits per heavy atom. The SMILES string of the molecule is NCc1cc(Br)ccc1Sc1ccc2c(c1)OCCO2. The summed E-state index contributed by atoms with van der Waals surface area (Å²) < 4.78 is 12.2. The second-order valence-electron chi connectivity index (χ2n) is 4.36. The second-order valence-corrected chi connectivity index (χ2v) is 6.39. The molecule has 0 saturated heterocycles. The van der Waals surface area contributed by atoms with Crippen LogP contribution < -0.4 is 15.2 Å². The smallest absolute Gasteiger partial charge is 0.162 e. The summed E-state index contributed by atoms with van der Waals surface area (Å²) >= 11 is 5.15. The van der Waals surface area contributed by atoms with Gasteiger partial charge in [0.05, 0.1) is 0 Å². The summed E-state index contributed by atoms with van der Waals surface area (Å²) in [6.45, 7) is 1.74. The number of fused-ring (bicyclic) bond motifs is 1. The molecule has 2 aromatic rings. The van der Waals surface area contributed by atoms with Crippen molar-refractivity contribution in [3.63, 3.8) is 0 Å². The Labute approximate surface area is 130 Å². The van der Waals surface area contributed by atoms with Crippen LogP contribution in [0.25, 0.3) is 0 Å². The molecule has 0 atom stereocenters. The number of rotatable bonds is 3. The Bertz CT molecular complexity index is 633. The van der Waals surface area contributed by atoms with E-state index in [1.54, 1.807) is 11.8 Å². The standard InChI is InChI=1S/C15H14BrNO2S/c16-11-1-4-15(10(7-11)9-17)20-12-2-3-13-14(8-12)19-6-5-18-13/h1-4,7-8H,5-6,9,17H2. The van der Waals surface area contributed by atoms with Gasteiger partial charge in [0, 0.05) is 20.8 Å². The fourth-order valence-corrected chi connectivity index (χ4v) is 3.40. The first kappa shape index (κ1) is 13.8. The van der Waals surface area contributed by atoms with Crippen LogP contribution in [0.2, 0.25) is 0 Å². The quantitative estimate of drug-likeness (QED) is 0.912. The average Bonchev–Trinajstić information content (AvgIpc) is 2.49. The third-order valence-electron chi connectivity index (χ3n) is 2.98. The van der Waals surface area contributed by atoms with Gasteiger partial charge in [0.1, 0.15) is 13.2 Å². The molecule has 0 amide bonds. The molecule has 1 aliphatic rings. The maximum absolute atomic E-state index is 5.81. The molecule has 0 radical (unpaired) electrons. The van der Waals surface area contributed by atoms with Crippen molar-refractivity contribution in [2.75, 3.05) is 13.2 Å². The van der Waals surface area contributed by atoms with Gasteiger partial charge < -0.3 is 15.2 Å². The normalized spacial score (nSPS) is 13.3. The highest BCUT2D eigenvalue weighted by atomic mass is 79.9. The van der Waals surface area contributed by atoms with Crippen LogP contribution in [0.15, 0.2) is 50.7 Å². The predicted octanol–water partition coefficient (Wildman–Crippen LogP) is 3.83. The Morgan fingerprint density at radius 3 is 2.65 bits per heavy atom. The van der Waals surface area contributed by atoms with Crippen molar-refractivity contribution in [3.8, 4) is 11.5 Å². The molecule has 0 bridgehead atoms. The zero-order valence-electron chi connectivity index (χ0n) is 10.8. The molecule has 3 nitrogen and oxygen atoms in total. The van der Waals surface area contributed by atoms with Crippen molar-refractivity contribution in [2.24, 2.45) is 5.73 Å². The fourth-order valence-electron chi connectivity index (χ4n) is 2.02. The molecule has 0 spiro atoms. The number of ether oxygens (including phenoxy) is 2. The molecule has 0 fully saturated rings. The van der Waals surface area contributed by atoms with Gasteiger partial charge >= 0.3 is 0 Å². The monoisotopic (exact) mass is 351 g/mol. The van der Waals surface area contributed by atoms with Crippen LogP contribution in [0.5, 0.6) is 11.5 Å². The third-order valence-corrected chi connectivity index (χ3v) is 4.58. The van der Waals surface area contributed by atoms with E-state index in [-0.39, 0.29) is 0 Å². The maximum Gasteiger partial charge on any atom is 0.162 e.